The van der Waals surface area contributed by atoms with E-state index < -0.39 is 0 Å². The van der Waals surface area contributed by atoms with Gasteiger partial charge in [0.05, 0.1) is 12.3 Å². The number of nitrogens with two attached hydrogens (primary N) is 1. The Hall–Kier alpha value is -1.53. The third-order valence-electron chi connectivity index (χ3n) is 2.71. The van der Waals surface area contributed by atoms with Gasteiger partial charge in [0.25, 0.3) is 0 Å². The predicted octanol–water partition coefficient (Wildman–Crippen LogP) is 3.32. The Labute approximate surface area is 132 Å². The Morgan fingerprint density at radius 3 is 2.81 bits per heavy atom. The molecule has 0 aliphatic rings. The van der Waals surface area contributed by atoms with Crippen LogP contribution < -0.4 is 10.5 Å². The van der Waals surface area contributed by atoms with E-state index >= 15 is 0 Å². The molecule has 1 aromatic heterocycles. The van der Waals surface area contributed by atoms with E-state index in [1.807, 2.05) is 31.2 Å². The van der Waals surface area contributed by atoms with Crippen molar-refractivity contribution in [3.05, 3.63) is 35.3 Å². The molecular formula is C15H18N2O2S2. The number of ether oxygens (including phenoxy) is 1. The van der Waals surface area contributed by atoms with Crippen LogP contribution in [-0.4, -0.2) is 23.3 Å². The molecule has 2 N–H and O–H groups in total. The minimum atomic E-state index is -0.254. The molecule has 0 saturated carbocycles. The van der Waals surface area contributed by atoms with Crippen molar-refractivity contribution in [3.8, 4) is 16.3 Å². The molecule has 0 unspecified atom stereocenters. The van der Waals surface area contributed by atoms with Crippen molar-refractivity contribution in [2.45, 2.75) is 19.1 Å². The van der Waals surface area contributed by atoms with Crippen molar-refractivity contribution < 1.29 is 9.53 Å². The molecule has 1 amide bonds. The highest BCUT2D eigenvalue weighted by atomic mass is 32.2. The van der Waals surface area contributed by atoms with Crippen LogP contribution in [0, 0.1) is 0 Å². The molecule has 0 saturated heterocycles. The number of amides is 1. The summed E-state index contributed by atoms with van der Waals surface area (Å²) in [6.45, 7) is 2.64. The molecule has 0 radical (unpaired) electrons. The van der Waals surface area contributed by atoms with Gasteiger partial charge in [-0.15, -0.1) is 11.3 Å². The number of aromatic nitrogens is 1. The molecule has 0 fully saturated rings. The van der Waals surface area contributed by atoms with Gasteiger partial charge >= 0.3 is 0 Å². The first-order valence-electron chi connectivity index (χ1n) is 6.72. The van der Waals surface area contributed by atoms with Gasteiger partial charge in [-0.3, -0.25) is 4.79 Å². The molecule has 21 heavy (non-hydrogen) atoms. The van der Waals surface area contributed by atoms with E-state index in [4.69, 9.17) is 10.5 Å². The molecule has 1 heterocycles. The second-order valence-corrected chi connectivity index (χ2v) is 6.33. The summed E-state index contributed by atoms with van der Waals surface area (Å²) in [5.41, 5.74) is 7.24. The van der Waals surface area contributed by atoms with Crippen LogP contribution in [0.2, 0.25) is 0 Å². The first kappa shape index (κ1) is 15.9. The Kier molecular flexibility index (Phi) is 6.07. The van der Waals surface area contributed by atoms with Gasteiger partial charge in [0.2, 0.25) is 5.91 Å². The van der Waals surface area contributed by atoms with Crippen LogP contribution >= 0.6 is 23.1 Å². The predicted molar refractivity (Wildman–Crippen MR) is 88.7 cm³/mol. The smallest absolute Gasteiger partial charge is 0.218 e. The molecule has 0 aliphatic heterocycles. The highest BCUT2D eigenvalue weighted by Crippen LogP contribution is 2.27. The second kappa shape index (κ2) is 8.05. The lowest BCUT2D eigenvalue weighted by Crippen LogP contribution is -2.10. The molecule has 112 valence electrons. The molecule has 0 bridgehead atoms. The SMILES string of the molecule is CCOc1ccc(-c2nc(CSCCC(N)=O)cs2)cc1. The number of nitrogens with zero attached hydrogens (tertiary/aromatic N) is 1. The van der Waals surface area contributed by atoms with Crippen molar-refractivity contribution in [1.82, 2.24) is 4.98 Å². The number of primary amides is 1. The molecule has 2 rings (SSSR count). The van der Waals surface area contributed by atoms with Crippen LogP contribution in [-0.2, 0) is 10.5 Å². The van der Waals surface area contributed by atoms with Crippen molar-refractivity contribution in [2.75, 3.05) is 12.4 Å². The van der Waals surface area contributed by atoms with Gasteiger partial charge in [-0.2, -0.15) is 11.8 Å². The average Bonchev–Trinajstić information content (AvgIpc) is 2.93. The van der Waals surface area contributed by atoms with Crippen LogP contribution in [0.3, 0.4) is 0 Å². The Morgan fingerprint density at radius 2 is 2.14 bits per heavy atom. The second-order valence-electron chi connectivity index (χ2n) is 4.37. The third kappa shape index (κ3) is 5.06. The van der Waals surface area contributed by atoms with Gasteiger partial charge in [0, 0.05) is 28.9 Å². The van der Waals surface area contributed by atoms with Crippen LogP contribution in [0.5, 0.6) is 5.75 Å². The van der Waals surface area contributed by atoms with Gasteiger partial charge in [0.1, 0.15) is 10.8 Å². The Morgan fingerprint density at radius 1 is 1.38 bits per heavy atom. The van der Waals surface area contributed by atoms with E-state index in [1.54, 1.807) is 23.1 Å². The fourth-order valence-corrected chi connectivity index (χ4v) is 3.49. The molecule has 0 aliphatic carbocycles. The molecule has 6 heteroatoms. The fourth-order valence-electron chi connectivity index (χ4n) is 1.72. The van der Waals surface area contributed by atoms with Crippen LogP contribution in [0.4, 0.5) is 0 Å². The van der Waals surface area contributed by atoms with E-state index in [-0.39, 0.29) is 5.91 Å². The topological polar surface area (TPSA) is 65.2 Å². The van der Waals surface area contributed by atoms with Crippen molar-refractivity contribution in [2.24, 2.45) is 5.73 Å². The lowest BCUT2D eigenvalue weighted by Gasteiger charge is -2.03. The van der Waals surface area contributed by atoms with E-state index in [1.165, 1.54) is 0 Å². The molecule has 4 nitrogen and oxygen atoms in total. The van der Waals surface area contributed by atoms with E-state index in [0.717, 1.165) is 33.5 Å². The van der Waals surface area contributed by atoms with E-state index in [9.17, 15) is 4.79 Å². The van der Waals surface area contributed by atoms with Gasteiger partial charge in [-0.1, -0.05) is 0 Å². The number of hydrogen-bond donors (Lipinski definition) is 1. The van der Waals surface area contributed by atoms with E-state index in [2.05, 4.69) is 10.4 Å². The van der Waals surface area contributed by atoms with Crippen molar-refractivity contribution >= 4 is 29.0 Å². The molecule has 0 spiro atoms. The van der Waals surface area contributed by atoms with Crippen LogP contribution in [0.1, 0.15) is 19.0 Å². The normalized spacial score (nSPS) is 10.5. The number of thiazole rings is 1. The maximum Gasteiger partial charge on any atom is 0.218 e. The summed E-state index contributed by atoms with van der Waals surface area (Å²) < 4.78 is 5.43. The summed E-state index contributed by atoms with van der Waals surface area (Å²) in [5, 5.41) is 3.06. The van der Waals surface area contributed by atoms with Crippen molar-refractivity contribution in [3.63, 3.8) is 0 Å². The molecule has 0 atom stereocenters. The van der Waals surface area contributed by atoms with E-state index in [0.29, 0.717) is 13.0 Å². The summed E-state index contributed by atoms with van der Waals surface area (Å²) in [6.07, 6.45) is 0.417. The quantitative estimate of drug-likeness (QED) is 0.757. The first-order chi connectivity index (χ1) is 10.2. The summed E-state index contributed by atoms with van der Waals surface area (Å²) in [6, 6.07) is 7.96. The number of carbonyl (C=O) groups is 1. The lowest BCUT2D eigenvalue weighted by atomic mass is 10.2. The highest BCUT2D eigenvalue weighted by molar-refractivity contribution is 7.98. The number of benzene rings is 1. The van der Waals surface area contributed by atoms with Gasteiger partial charge in [-0.25, -0.2) is 4.98 Å². The lowest BCUT2D eigenvalue weighted by molar-refractivity contribution is -0.117. The molecule has 1 aromatic carbocycles. The monoisotopic (exact) mass is 322 g/mol. The summed E-state index contributed by atoms with van der Waals surface area (Å²) in [5.74, 6) is 2.17. The van der Waals surface area contributed by atoms with Gasteiger partial charge in [0.15, 0.2) is 0 Å². The maximum atomic E-state index is 10.7. The zero-order chi connectivity index (χ0) is 15.1. The van der Waals surface area contributed by atoms with Crippen LogP contribution in [0.15, 0.2) is 29.6 Å². The standard InChI is InChI=1S/C15H18N2O2S2/c1-2-19-13-5-3-11(4-6-13)15-17-12(10-21-15)9-20-8-7-14(16)18/h3-6,10H,2,7-9H2,1H3,(H2,16,18). The molecule has 2 aromatic rings. The molecular weight excluding hydrogens is 304 g/mol. The number of carbonyl (C=O) groups excluding carboxylic acids is 1. The zero-order valence-corrected chi connectivity index (χ0v) is 13.5. The number of hydrogen-bond acceptors (Lipinski definition) is 5. The Balaban J connectivity index is 1.91. The maximum absolute atomic E-state index is 10.7. The van der Waals surface area contributed by atoms with Crippen molar-refractivity contribution in [1.29, 1.82) is 0 Å². The zero-order valence-electron chi connectivity index (χ0n) is 11.9. The number of rotatable bonds is 8. The Bertz CT molecular complexity index is 582. The fraction of sp³-hybridized carbons (Fsp3) is 0.333. The summed E-state index contributed by atoms with van der Waals surface area (Å²) >= 11 is 3.30. The third-order valence-corrected chi connectivity index (χ3v) is 4.64. The van der Waals surface area contributed by atoms with Gasteiger partial charge < -0.3 is 10.5 Å². The largest absolute Gasteiger partial charge is 0.494 e. The minimum Gasteiger partial charge on any atom is -0.494 e. The average molecular weight is 322 g/mol. The summed E-state index contributed by atoms with van der Waals surface area (Å²) in [7, 11) is 0. The number of thioether (sulfide) groups is 1. The minimum absolute atomic E-state index is 0.254. The van der Waals surface area contributed by atoms with Gasteiger partial charge in [-0.05, 0) is 31.2 Å². The van der Waals surface area contributed by atoms with Crippen LogP contribution in [0.25, 0.3) is 10.6 Å². The highest BCUT2D eigenvalue weighted by Gasteiger charge is 2.05. The first-order valence-corrected chi connectivity index (χ1v) is 8.76. The summed E-state index contributed by atoms with van der Waals surface area (Å²) in [4.78, 5) is 15.3.